The highest BCUT2D eigenvalue weighted by Gasteiger charge is 2.07. The van der Waals surface area contributed by atoms with Crippen molar-refractivity contribution in [3.63, 3.8) is 0 Å². The van der Waals surface area contributed by atoms with Gasteiger partial charge in [0.05, 0.1) is 0 Å². The minimum absolute atomic E-state index is 0.828. The molecule has 1 aromatic rings. The Bertz CT molecular complexity index is 357. The second-order valence-corrected chi connectivity index (χ2v) is 5.07. The summed E-state index contributed by atoms with van der Waals surface area (Å²) >= 11 is 1.58. The van der Waals surface area contributed by atoms with Crippen molar-refractivity contribution < 1.29 is 0 Å². The van der Waals surface area contributed by atoms with E-state index in [1.165, 1.54) is 12.8 Å². The van der Waals surface area contributed by atoms with Gasteiger partial charge in [-0.1, -0.05) is 32.0 Å². The average molecular weight is 268 g/mol. The van der Waals surface area contributed by atoms with Gasteiger partial charge in [-0.15, -0.1) is 0 Å². The van der Waals surface area contributed by atoms with Crippen LogP contribution in [0.15, 0.2) is 11.2 Å². The largest absolute Gasteiger partial charge is 0.370 e. The van der Waals surface area contributed by atoms with Crippen LogP contribution in [0.2, 0.25) is 0 Å². The van der Waals surface area contributed by atoms with Crippen LogP contribution in [-0.2, 0) is 0 Å². The molecule has 0 radical (unpaired) electrons. The Labute approximate surface area is 115 Å². The molecular weight excluding hydrogens is 244 g/mol. The lowest BCUT2D eigenvalue weighted by Crippen LogP contribution is -2.20. The molecule has 102 valence electrons. The second-order valence-electron chi connectivity index (χ2n) is 4.30. The van der Waals surface area contributed by atoms with E-state index in [-0.39, 0.29) is 0 Å². The van der Waals surface area contributed by atoms with Crippen molar-refractivity contribution in [1.29, 1.82) is 0 Å². The maximum Gasteiger partial charge on any atom is 0.191 e. The third-order valence-electron chi connectivity index (χ3n) is 2.67. The maximum absolute atomic E-state index is 4.55. The third kappa shape index (κ3) is 4.72. The number of hydrogen-bond donors (Lipinski definition) is 1. The molecule has 0 atom stereocenters. The lowest BCUT2D eigenvalue weighted by Gasteiger charge is -2.19. The van der Waals surface area contributed by atoms with Gasteiger partial charge in [-0.3, -0.25) is 0 Å². The van der Waals surface area contributed by atoms with Crippen LogP contribution in [0.4, 0.5) is 11.6 Å². The number of anilines is 2. The maximum atomic E-state index is 4.55. The monoisotopic (exact) mass is 268 g/mol. The highest BCUT2D eigenvalue weighted by atomic mass is 32.2. The minimum atomic E-state index is 0.828. The first-order valence-corrected chi connectivity index (χ1v) is 7.81. The fourth-order valence-corrected chi connectivity index (χ4v) is 1.93. The van der Waals surface area contributed by atoms with Crippen molar-refractivity contribution in [2.45, 2.75) is 38.3 Å². The molecule has 1 N–H and O–H groups in total. The van der Waals surface area contributed by atoms with E-state index in [1.54, 1.807) is 11.8 Å². The van der Waals surface area contributed by atoms with Gasteiger partial charge < -0.3 is 10.2 Å². The third-order valence-corrected chi connectivity index (χ3v) is 3.22. The Balaban J connectivity index is 2.81. The molecule has 1 heterocycles. The SMILES string of the molecule is CCCCN(C)c1cc(NCCC)nc(SC)n1. The summed E-state index contributed by atoms with van der Waals surface area (Å²) in [5.41, 5.74) is 0. The van der Waals surface area contributed by atoms with E-state index >= 15 is 0 Å². The Morgan fingerprint density at radius 3 is 2.67 bits per heavy atom. The van der Waals surface area contributed by atoms with E-state index in [1.807, 2.05) is 12.3 Å². The van der Waals surface area contributed by atoms with E-state index in [0.717, 1.165) is 36.3 Å². The molecule has 0 unspecified atom stereocenters. The average Bonchev–Trinajstić information content (AvgIpc) is 2.41. The molecule has 0 aliphatic carbocycles. The Morgan fingerprint density at radius 1 is 1.28 bits per heavy atom. The first-order valence-electron chi connectivity index (χ1n) is 6.59. The van der Waals surface area contributed by atoms with Crippen molar-refractivity contribution in [2.75, 3.05) is 36.6 Å². The van der Waals surface area contributed by atoms with Crippen LogP contribution in [0.3, 0.4) is 0 Å². The number of aromatic nitrogens is 2. The molecule has 4 nitrogen and oxygen atoms in total. The van der Waals surface area contributed by atoms with Gasteiger partial charge in [0, 0.05) is 26.2 Å². The lowest BCUT2D eigenvalue weighted by molar-refractivity contribution is 0.752. The van der Waals surface area contributed by atoms with Crippen LogP contribution < -0.4 is 10.2 Å². The van der Waals surface area contributed by atoms with Crippen molar-refractivity contribution in [3.05, 3.63) is 6.07 Å². The summed E-state index contributed by atoms with van der Waals surface area (Å²) in [4.78, 5) is 11.2. The molecule has 0 amide bonds. The van der Waals surface area contributed by atoms with Crippen molar-refractivity contribution in [3.8, 4) is 0 Å². The smallest absolute Gasteiger partial charge is 0.191 e. The van der Waals surface area contributed by atoms with Gasteiger partial charge in [0.15, 0.2) is 5.16 Å². The minimum Gasteiger partial charge on any atom is -0.370 e. The van der Waals surface area contributed by atoms with E-state index in [0.29, 0.717) is 0 Å². The normalized spacial score (nSPS) is 10.4. The topological polar surface area (TPSA) is 41.0 Å². The Hall–Kier alpha value is -0.970. The van der Waals surface area contributed by atoms with Crippen LogP contribution in [0.5, 0.6) is 0 Å². The summed E-state index contributed by atoms with van der Waals surface area (Å²) < 4.78 is 0. The van der Waals surface area contributed by atoms with Gasteiger partial charge in [-0.25, -0.2) is 9.97 Å². The van der Waals surface area contributed by atoms with Crippen molar-refractivity contribution in [2.24, 2.45) is 0 Å². The van der Waals surface area contributed by atoms with Gasteiger partial charge in [-0.2, -0.15) is 0 Å². The second kappa shape index (κ2) is 8.19. The molecule has 5 heteroatoms. The summed E-state index contributed by atoms with van der Waals surface area (Å²) in [7, 11) is 2.09. The quantitative estimate of drug-likeness (QED) is 0.579. The van der Waals surface area contributed by atoms with Crippen LogP contribution in [-0.4, -0.2) is 36.4 Å². The van der Waals surface area contributed by atoms with Crippen LogP contribution >= 0.6 is 11.8 Å². The van der Waals surface area contributed by atoms with Gasteiger partial charge in [0.2, 0.25) is 0 Å². The predicted molar refractivity (Wildman–Crippen MR) is 80.8 cm³/mol. The molecule has 1 aromatic heterocycles. The number of unbranched alkanes of at least 4 members (excludes halogenated alkanes) is 1. The van der Waals surface area contributed by atoms with Gasteiger partial charge in [-0.05, 0) is 19.1 Å². The first-order chi connectivity index (χ1) is 8.71. The summed E-state index contributed by atoms with van der Waals surface area (Å²) in [6.07, 6.45) is 5.49. The fourth-order valence-electron chi connectivity index (χ4n) is 1.55. The van der Waals surface area contributed by atoms with E-state index in [9.17, 15) is 0 Å². The molecule has 0 aliphatic rings. The fraction of sp³-hybridized carbons (Fsp3) is 0.692. The number of nitrogens with zero attached hydrogens (tertiary/aromatic N) is 3. The molecule has 0 bridgehead atoms. The van der Waals surface area contributed by atoms with E-state index in [4.69, 9.17) is 0 Å². The van der Waals surface area contributed by atoms with Crippen LogP contribution in [0.25, 0.3) is 0 Å². The van der Waals surface area contributed by atoms with Gasteiger partial charge in [0.1, 0.15) is 11.6 Å². The van der Waals surface area contributed by atoms with Crippen LogP contribution in [0, 0.1) is 0 Å². The Kier molecular flexibility index (Phi) is 6.86. The zero-order valence-electron chi connectivity index (χ0n) is 11.9. The molecule has 0 spiro atoms. The number of rotatable bonds is 8. The molecule has 0 aliphatic heterocycles. The first kappa shape index (κ1) is 15.1. The Morgan fingerprint density at radius 2 is 2.06 bits per heavy atom. The number of nitrogens with one attached hydrogen (secondary N) is 1. The highest BCUT2D eigenvalue weighted by Crippen LogP contribution is 2.19. The molecule has 0 saturated carbocycles. The van der Waals surface area contributed by atoms with Gasteiger partial charge >= 0.3 is 0 Å². The standard InChI is InChI=1S/C13H24N4S/c1-5-7-9-17(3)12-10-11(14-8-6-2)15-13(16-12)18-4/h10H,5-9H2,1-4H3,(H,14,15,16). The van der Waals surface area contributed by atoms with E-state index in [2.05, 4.69) is 41.1 Å². The molecule has 0 aromatic carbocycles. The lowest BCUT2D eigenvalue weighted by atomic mass is 10.3. The molecule has 0 saturated heterocycles. The number of thioether (sulfide) groups is 1. The summed E-state index contributed by atoms with van der Waals surface area (Å²) in [5.74, 6) is 1.93. The molecule has 1 rings (SSSR count). The van der Waals surface area contributed by atoms with E-state index < -0.39 is 0 Å². The highest BCUT2D eigenvalue weighted by molar-refractivity contribution is 7.98. The molecular formula is C13H24N4S. The summed E-state index contributed by atoms with van der Waals surface area (Å²) in [5, 5.41) is 4.16. The van der Waals surface area contributed by atoms with Crippen LogP contribution in [0.1, 0.15) is 33.1 Å². The summed E-state index contributed by atoms with van der Waals surface area (Å²) in [6.45, 7) is 6.34. The van der Waals surface area contributed by atoms with Gasteiger partial charge in [0.25, 0.3) is 0 Å². The molecule has 0 fully saturated rings. The molecule has 18 heavy (non-hydrogen) atoms. The number of hydrogen-bond acceptors (Lipinski definition) is 5. The zero-order chi connectivity index (χ0) is 13.4. The zero-order valence-corrected chi connectivity index (χ0v) is 12.7. The van der Waals surface area contributed by atoms with Crippen molar-refractivity contribution in [1.82, 2.24) is 9.97 Å². The predicted octanol–water partition coefficient (Wildman–Crippen LogP) is 3.26. The van der Waals surface area contributed by atoms with Crippen molar-refractivity contribution >= 4 is 23.4 Å². The summed E-state index contributed by atoms with van der Waals surface area (Å²) in [6, 6.07) is 2.03.